The number of nitrogens with one attached hydrogen (secondary N) is 1. The number of non-ortho nitro benzene ring substituents is 1. The Morgan fingerprint density at radius 2 is 2.32 bits per heavy atom. The first kappa shape index (κ1) is 15.5. The Morgan fingerprint density at radius 1 is 1.63 bits per heavy atom. The van der Waals surface area contributed by atoms with E-state index >= 15 is 0 Å². The summed E-state index contributed by atoms with van der Waals surface area (Å²) in [6, 6.07) is 3.37. The molecule has 0 spiro atoms. The van der Waals surface area contributed by atoms with Crippen molar-refractivity contribution >= 4 is 33.2 Å². The zero-order valence-corrected chi connectivity index (χ0v) is 11.8. The molecule has 0 saturated carbocycles. The van der Waals surface area contributed by atoms with E-state index in [1.165, 1.54) is 25.3 Å². The van der Waals surface area contributed by atoms with Gasteiger partial charge >= 0.3 is 0 Å². The van der Waals surface area contributed by atoms with Gasteiger partial charge in [-0.2, -0.15) is 0 Å². The summed E-state index contributed by atoms with van der Waals surface area (Å²) >= 11 is 3.21. The summed E-state index contributed by atoms with van der Waals surface area (Å²) in [7, 11) is 1.52. The zero-order valence-electron chi connectivity index (χ0n) is 10.3. The Kier molecular flexibility index (Phi) is 5.87. The lowest BCUT2D eigenvalue weighted by Crippen LogP contribution is -2.36. The van der Waals surface area contributed by atoms with Gasteiger partial charge in [0.05, 0.1) is 16.7 Å². The fourth-order valence-electron chi connectivity index (χ4n) is 1.32. The normalized spacial score (nSPS) is 11.9. The molecule has 19 heavy (non-hydrogen) atoms. The molecule has 0 aromatic heterocycles. The van der Waals surface area contributed by atoms with Crippen molar-refractivity contribution in [1.29, 1.82) is 0 Å². The Hall–Kier alpha value is -1.51. The Morgan fingerprint density at radius 3 is 2.89 bits per heavy atom. The molecule has 0 aliphatic rings. The van der Waals surface area contributed by atoms with E-state index in [2.05, 4.69) is 21.2 Å². The number of halogens is 1. The first-order valence-electron chi connectivity index (χ1n) is 5.45. The number of nitro benzene ring substituents is 1. The van der Waals surface area contributed by atoms with Gasteiger partial charge in [0, 0.05) is 30.3 Å². The summed E-state index contributed by atoms with van der Waals surface area (Å²) < 4.78 is 5.38. The van der Waals surface area contributed by atoms with E-state index in [0.717, 1.165) is 0 Å². The average molecular weight is 332 g/mol. The van der Waals surface area contributed by atoms with Crippen LogP contribution in [0.2, 0.25) is 0 Å². The van der Waals surface area contributed by atoms with Crippen molar-refractivity contribution < 1.29 is 14.5 Å². The molecule has 0 bridgehead atoms. The molecule has 1 amide bonds. The molecule has 7 nitrogen and oxygen atoms in total. The van der Waals surface area contributed by atoms with Crippen LogP contribution in [0.25, 0.3) is 0 Å². The predicted molar refractivity (Wildman–Crippen MR) is 73.9 cm³/mol. The molecular formula is C11H14BrN3O4. The number of ether oxygens (including phenoxy) is 1. The molecule has 0 heterocycles. The maximum atomic E-state index is 11.8. The van der Waals surface area contributed by atoms with Gasteiger partial charge in [0.2, 0.25) is 5.91 Å². The van der Waals surface area contributed by atoms with E-state index in [1.54, 1.807) is 0 Å². The van der Waals surface area contributed by atoms with Crippen LogP contribution in [0, 0.1) is 10.1 Å². The highest BCUT2D eigenvalue weighted by molar-refractivity contribution is 9.10. The number of hydrogen-bond donors (Lipinski definition) is 2. The monoisotopic (exact) mass is 331 g/mol. The van der Waals surface area contributed by atoms with Gasteiger partial charge in [-0.05, 0) is 28.4 Å². The number of methoxy groups -OCH3 is 1. The number of rotatable bonds is 6. The van der Waals surface area contributed by atoms with Crippen molar-refractivity contribution in [3.05, 3.63) is 32.8 Å². The summed E-state index contributed by atoms with van der Waals surface area (Å²) in [5, 5.41) is 13.2. The average Bonchev–Trinajstić information content (AvgIpc) is 2.38. The van der Waals surface area contributed by atoms with Gasteiger partial charge in [0.15, 0.2) is 0 Å². The van der Waals surface area contributed by atoms with Crippen molar-refractivity contribution in [3.8, 4) is 0 Å². The molecule has 3 N–H and O–H groups in total. The number of nitrogens with two attached hydrogens (primary N) is 1. The van der Waals surface area contributed by atoms with E-state index in [-0.39, 0.29) is 5.69 Å². The molecule has 1 rings (SSSR count). The number of carbonyl (C=O) groups is 1. The number of benzene rings is 1. The highest BCUT2D eigenvalue weighted by Crippen LogP contribution is 2.27. The van der Waals surface area contributed by atoms with E-state index in [1.807, 2.05) is 0 Å². The van der Waals surface area contributed by atoms with Crippen molar-refractivity contribution in [1.82, 2.24) is 0 Å². The molecular weight excluding hydrogens is 318 g/mol. The van der Waals surface area contributed by atoms with Crippen LogP contribution in [0.5, 0.6) is 0 Å². The molecule has 0 aliphatic carbocycles. The van der Waals surface area contributed by atoms with Gasteiger partial charge in [0.25, 0.3) is 5.69 Å². The highest BCUT2D eigenvalue weighted by Gasteiger charge is 2.16. The molecule has 1 aromatic carbocycles. The van der Waals surface area contributed by atoms with E-state index in [4.69, 9.17) is 10.5 Å². The largest absolute Gasteiger partial charge is 0.385 e. The van der Waals surface area contributed by atoms with Gasteiger partial charge in [-0.1, -0.05) is 0 Å². The first-order valence-corrected chi connectivity index (χ1v) is 6.24. The van der Waals surface area contributed by atoms with E-state index in [0.29, 0.717) is 23.2 Å². The summed E-state index contributed by atoms with van der Waals surface area (Å²) in [6.07, 6.45) is 0.370. The minimum atomic E-state index is -0.730. The van der Waals surface area contributed by atoms with Gasteiger partial charge in [-0.15, -0.1) is 0 Å². The Balaban J connectivity index is 2.78. The highest BCUT2D eigenvalue weighted by atomic mass is 79.9. The van der Waals surface area contributed by atoms with Crippen LogP contribution in [-0.4, -0.2) is 30.6 Å². The first-order chi connectivity index (χ1) is 8.95. The van der Waals surface area contributed by atoms with Crippen LogP contribution < -0.4 is 11.1 Å². The van der Waals surface area contributed by atoms with Crippen LogP contribution in [0.3, 0.4) is 0 Å². The minimum Gasteiger partial charge on any atom is -0.385 e. The SMILES string of the molecule is COCCC(N)C(=O)Nc1cc([N+](=O)[O-])ccc1Br. The van der Waals surface area contributed by atoms with E-state index in [9.17, 15) is 14.9 Å². The van der Waals surface area contributed by atoms with Gasteiger partial charge in [-0.25, -0.2) is 0 Å². The molecule has 0 fully saturated rings. The third-order valence-electron chi connectivity index (χ3n) is 2.39. The number of nitro groups is 1. The number of hydrogen-bond acceptors (Lipinski definition) is 5. The smallest absolute Gasteiger partial charge is 0.271 e. The minimum absolute atomic E-state index is 0.107. The Bertz CT molecular complexity index is 481. The number of nitrogens with zero attached hydrogens (tertiary/aromatic N) is 1. The van der Waals surface area contributed by atoms with Crippen LogP contribution in [-0.2, 0) is 9.53 Å². The zero-order chi connectivity index (χ0) is 14.4. The summed E-state index contributed by atoms with van der Waals surface area (Å²) in [4.78, 5) is 21.9. The maximum Gasteiger partial charge on any atom is 0.271 e. The van der Waals surface area contributed by atoms with Crippen molar-refractivity contribution in [2.45, 2.75) is 12.5 Å². The van der Waals surface area contributed by atoms with Gasteiger partial charge < -0.3 is 15.8 Å². The summed E-state index contributed by atoms with van der Waals surface area (Å²) in [6.45, 7) is 0.366. The molecule has 0 aliphatic heterocycles. The lowest BCUT2D eigenvalue weighted by Gasteiger charge is -2.12. The number of carbonyl (C=O) groups excluding carboxylic acids is 1. The van der Waals surface area contributed by atoms with Crippen molar-refractivity contribution in [2.75, 3.05) is 19.0 Å². The third kappa shape index (κ3) is 4.58. The fourth-order valence-corrected chi connectivity index (χ4v) is 1.67. The topological polar surface area (TPSA) is 107 Å². The predicted octanol–water partition coefficient (Wildman–Crippen LogP) is 1.66. The number of amides is 1. The van der Waals surface area contributed by atoms with Gasteiger partial charge in [-0.3, -0.25) is 14.9 Å². The molecule has 1 unspecified atom stereocenters. The summed E-state index contributed by atoms with van der Waals surface area (Å²) in [5.74, 6) is -0.418. The second-order valence-corrected chi connectivity index (χ2v) is 4.65. The Labute approximate surface area is 118 Å². The molecule has 1 atom stereocenters. The molecule has 1 aromatic rings. The second kappa shape index (κ2) is 7.17. The molecule has 0 radical (unpaired) electrons. The summed E-state index contributed by atoms with van der Waals surface area (Å²) in [5.41, 5.74) is 5.86. The van der Waals surface area contributed by atoms with Crippen LogP contribution in [0.1, 0.15) is 6.42 Å². The van der Waals surface area contributed by atoms with Crippen molar-refractivity contribution in [2.24, 2.45) is 5.73 Å². The second-order valence-electron chi connectivity index (χ2n) is 3.80. The molecule has 104 valence electrons. The van der Waals surface area contributed by atoms with Crippen LogP contribution in [0.15, 0.2) is 22.7 Å². The van der Waals surface area contributed by atoms with Crippen LogP contribution in [0.4, 0.5) is 11.4 Å². The quantitative estimate of drug-likeness (QED) is 0.608. The van der Waals surface area contributed by atoms with Crippen LogP contribution >= 0.6 is 15.9 Å². The molecule has 8 heteroatoms. The standard InChI is InChI=1S/C11H14BrN3O4/c1-19-5-4-9(13)11(16)14-10-6-7(15(17)18)2-3-8(10)12/h2-3,6,9H,4-5,13H2,1H3,(H,14,16). The van der Waals surface area contributed by atoms with Crippen molar-refractivity contribution in [3.63, 3.8) is 0 Å². The molecule has 0 saturated heterocycles. The lowest BCUT2D eigenvalue weighted by atomic mass is 10.2. The number of anilines is 1. The lowest BCUT2D eigenvalue weighted by molar-refractivity contribution is -0.384. The third-order valence-corrected chi connectivity index (χ3v) is 3.08. The van der Waals surface area contributed by atoms with E-state index < -0.39 is 16.9 Å². The maximum absolute atomic E-state index is 11.8. The van der Waals surface area contributed by atoms with Gasteiger partial charge in [0.1, 0.15) is 0 Å². The fraction of sp³-hybridized carbons (Fsp3) is 0.364.